The second-order valence-electron chi connectivity index (χ2n) is 10.6. The van der Waals surface area contributed by atoms with Gasteiger partial charge in [-0.15, -0.1) is 0 Å². The Kier molecular flexibility index (Phi) is 6.01. The van der Waals surface area contributed by atoms with Gasteiger partial charge in [-0.25, -0.2) is 4.57 Å². The minimum absolute atomic E-state index is 0.295. The van der Waals surface area contributed by atoms with E-state index in [1.165, 1.54) is 43.2 Å². The fourth-order valence-corrected chi connectivity index (χ4v) is 8.83. The Hall–Kier alpha value is -1.57. The second kappa shape index (κ2) is 8.65. The molecule has 4 heteroatoms. The quantitative estimate of drug-likeness (QED) is 0.417. The number of hydrogen-bond donors (Lipinski definition) is 0. The molecule has 0 amide bonds. The van der Waals surface area contributed by atoms with Crippen LogP contribution in [0.25, 0.3) is 0 Å². The lowest BCUT2D eigenvalue weighted by Gasteiger charge is -2.50. The summed E-state index contributed by atoms with van der Waals surface area (Å²) < 4.78 is 25.4. The molecule has 0 aromatic heterocycles. The molecule has 0 heterocycles. The zero-order valence-corrected chi connectivity index (χ0v) is 20.7. The zero-order chi connectivity index (χ0) is 22.3. The Morgan fingerprint density at radius 3 is 2.66 bits per heavy atom. The average molecular weight is 453 g/mol. The maximum absolute atomic E-state index is 13.6. The van der Waals surface area contributed by atoms with E-state index in [0.717, 1.165) is 29.7 Å². The van der Waals surface area contributed by atoms with Crippen molar-refractivity contribution in [3.8, 4) is 5.75 Å². The molecule has 0 aliphatic heterocycles. The molecule has 3 aliphatic carbocycles. The summed E-state index contributed by atoms with van der Waals surface area (Å²) in [5, 5.41) is 0. The van der Waals surface area contributed by atoms with Crippen LogP contribution in [0.5, 0.6) is 5.75 Å². The van der Waals surface area contributed by atoms with Crippen LogP contribution in [0.4, 0.5) is 0 Å². The third kappa shape index (κ3) is 3.97. The Morgan fingerprint density at radius 1 is 1.06 bits per heavy atom. The highest BCUT2D eigenvalue weighted by Crippen LogP contribution is 2.63. The van der Waals surface area contributed by atoms with Crippen LogP contribution < -0.4 is 4.52 Å². The predicted molar refractivity (Wildman–Crippen MR) is 130 cm³/mol. The third-order valence-corrected chi connectivity index (χ3v) is 10.9. The topological polar surface area (TPSA) is 35.5 Å². The van der Waals surface area contributed by atoms with E-state index < -0.39 is 7.60 Å². The highest BCUT2D eigenvalue weighted by atomic mass is 31.2. The van der Waals surface area contributed by atoms with Crippen LogP contribution in [-0.2, 0) is 21.7 Å². The molecule has 2 saturated carbocycles. The molecule has 0 saturated heterocycles. The molecule has 3 aliphatic rings. The lowest BCUT2D eigenvalue weighted by atomic mass is 9.54. The van der Waals surface area contributed by atoms with Crippen molar-refractivity contribution < 1.29 is 13.6 Å². The molecule has 2 fully saturated rings. The second-order valence-corrected chi connectivity index (χ2v) is 12.5. The van der Waals surface area contributed by atoms with Crippen molar-refractivity contribution >= 4 is 7.60 Å². The van der Waals surface area contributed by atoms with Crippen molar-refractivity contribution in [2.45, 2.75) is 71.4 Å². The van der Waals surface area contributed by atoms with E-state index in [9.17, 15) is 4.57 Å². The van der Waals surface area contributed by atoms with Gasteiger partial charge in [-0.3, -0.25) is 4.52 Å². The molecular formula is C28H37O3P. The van der Waals surface area contributed by atoms with Crippen LogP contribution >= 0.6 is 7.60 Å². The molecule has 6 atom stereocenters. The van der Waals surface area contributed by atoms with Crippen molar-refractivity contribution in [3.63, 3.8) is 0 Å². The Morgan fingerprint density at radius 2 is 1.88 bits per heavy atom. The van der Waals surface area contributed by atoms with Gasteiger partial charge < -0.3 is 4.52 Å². The van der Waals surface area contributed by atoms with Crippen LogP contribution in [-0.4, -0.2) is 6.61 Å². The van der Waals surface area contributed by atoms with Gasteiger partial charge in [0, 0.05) is 0 Å². The highest BCUT2D eigenvalue weighted by Gasteiger charge is 2.53. The number of aryl methyl sites for hydroxylation is 1. The first kappa shape index (κ1) is 22.2. The molecule has 2 aromatic rings. The van der Waals surface area contributed by atoms with Crippen LogP contribution in [0.1, 0.15) is 75.5 Å². The molecule has 2 aromatic carbocycles. The summed E-state index contributed by atoms with van der Waals surface area (Å²) in [4.78, 5) is 0. The van der Waals surface area contributed by atoms with Crippen molar-refractivity contribution in [2.24, 2.45) is 23.2 Å². The van der Waals surface area contributed by atoms with Crippen molar-refractivity contribution in [3.05, 3.63) is 65.2 Å². The first-order valence-electron chi connectivity index (χ1n) is 12.5. The standard InChI is InChI=1S/C28H37O3P/c1-4-30-32(29,19-21-8-6-5-7-9-21)31-23-13-11-22-12-14-25-24(26(22)18-23)16-17-28(3)20(2)10-15-27(25)28/h5-9,11,13,18,20,24-25,27H,4,10,12,14-17,19H2,1-3H3/t20-,24-,25+,27-,28+,32?/m0/s1. The molecular weight excluding hydrogens is 415 g/mol. The summed E-state index contributed by atoms with van der Waals surface area (Å²) in [6, 6.07) is 16.3. The largest absolute Gasteiger partial charge is 0.424 e. The maximum Gasteiger partial charge on any atom is 0.383 e. The summed E-state index contributed by atoms with van der Waals surface area (Å²) in [5.74, 6) is 3.79. The van der Waals surface area contributed by atoms with E-state index in [1.807, 2.05) is 43.3 Å². The fraction of sp³-hybridized carbons (Fsp3) is 0.571. The predicted octanol–water partition coefficient (Wildman–Crippen LogP) is 7.99. The van der Waals surface area contributed by atoms with E-state index >= 15 is 0 Å². The third-order valence-electron chi connectivity index (χ3n) is 8.96. The molecule has 0 N–H and O–H groups in total. The first-order chi connectivity index (χ1) is 15.4. The molecule has 0 radical (unpaired) electrons. The summed E-state index contributed by atoms with van der Waals surface area (Å²) >= 11 is 0. The molecule has 32 heavy (non-hydrogen) atoms. The molecule has 172 valence electrons. The Balaban J connectivity index is 1.40. The summed E-state index contributed by atoms with van der Waals surface area (Å²) in [7, 11) is -3.27. The lowest BCUT2D eigenvalue weighted by Crippen LogP contribution is -2.41. The van der Waals surface area contributed by atoms with Crippen molar-refractivity contribution in [2.75, 3.05) is 6.61 Å². The maximum atomic E-state index is 13.6. The molecule has 5 rings (SSSR count). The van der Waals surface area contributed by atoms with Gasteiger partial charge in [-0.2, -0.15) is 0 Å². The highest BCUT2D eigenvalue weighted by molar-refractivity contribution is 7.53. The van der Waals surface area contributed by atoms with E-state index in [2.05, 4.69) is 26.0 Å². The number of hydrogen-bond acceptors (Lipinski definition) is 3. The van der Waals surface area contributed by atoms with Crippen LogP contribution in [0, 0.1) is 23.2 Å². The van der Waals surface area contributed by atoms with Gasteiger partial charge in [0.2, 0.25) is 0 Å². The SMILES string of the molecule is CCOP(=O)(Cc1ccccc1)Oc1ccc2c(c1)[C@H]1CC[C@]3(C)[C@@H](C)CC[C@H]3[C@@H]1CC2. The first-order valence-corrected chi connectivity index (χ1v) is 14.2. The van der Waals surface area contributed by atoms with Crippen LogP contribution in [0.2, 0.25) is 0 Å². The minimum atomic E-state index is -3.27. The fourth-order valence-electron chi connectivity index (χ4n) is 7.13. The van der Waals surface area contributed by atoms with Crippen LogP contribution in [0.15, 0.2) is 48.5 Å². The van der Waals surface area contributed by atoms with Crippen LogP contribution in [0.3, 0.4) is 0 Å². The van der Waals surface area contributed by atoms with E-state index in [0.29, 0.717) is 29.9 Å². The van der Waals surface area contributed by atoms with Gasteiger partial charge in [0.05, 0.1) is 12.8 Å². The van der Waals surface area contributed by atoms with Gasteiger partial charge in [-0.05, 0) is 103 Å². The van der Waals surface area contributed by atoms with Gasteiger partial charge >= 0.3 is 7.60 Å². The lowest BCUT2D eigenvalue weighted by molar-refractivity contribution is 0.0336. The number of rotatable bonds is 6. The normalized spacial score (nSPS) is 33.0. The summed E-state index contributed by atoms with van der Waals surface area (Å²) in [6.07, 6.45) is 8.14. The average Bonchev–Trinajstić information content (AvgIpc) is 3.09. The smallest absolute Gasteiger partial charge is 0.383 e. The molecule has 3 nitrogen and oxygen atoms in total. The monoisotopic (exact) mass is 452 g/mol. The molecule has 0 bridgehead atoms. The van der Waals surface area contributed by atoms with E-state index in [-0.39, 0.29) is 0 Å². The van der Waals surface area contributed by atoms with Crippen molar-refractivity contribution in [1.29, 1.82) is 0 Å². The molecule has 1 unspecified atom stereocenters. The number of benzene rings is 2. The number of fused-ring (bicyclic) bond motifs is 5. The summed E-state index contributed by atoms with van der Waals surface area (Å²) in [5.41, 5.74) is 4.41. The zero-order valence-electron chi connectivity index (χ0n) is 19.8. The van der Waals surface area contributed by atoms with E-state index in [1.54, 1.807) is 0 Å². The molecule has 0 spiro atoms. The van der Waals surface area contributed by atoms with Gasteiger partial charge in [0.1, 0.15) is 5.75 Å². The Bertz CT molecular complexity index is 1000. The van der Waals surface area contributed by atoms with Gasteiger partial charge in [0.15, 0.2) is 0 Å². The summed E-state index contributed by atoms with van der Waals surface area (Å²) in [6.45, 7) is 7.28. The minimum Gasteiger partial charge on any atom is -0.424 e. The Labute approximate surface area is 193 Å². The van der Waals surface area contributed by atoms with Gasteiger partial charge in [0.25, 0.3) is 0 Å². The van der Waals surface area contributed by atoms with E-state index in [4.69, 9.17) is 9.05 Å². The van der Waals surface area contributed by atoms with Gasteiger partial charge in [-0.1, -0.05) is 50.2 Å². The van der Waals surface area contributed by atoms with Crippen molar-refractivity contribution in [1.82, 2.24) is 0 Å².